The Balaban J connectivity index is 1.90. The van der Waals surface area contributed by atoms with E-state index in [1.165, 1.54) is 0 Å². The van der Waals surface area contributed by atoms with Crippen molar-refractivity contribution in [3.8, 4) is 0 Å². The molecule has 3 rings (SSSR count). The molecule has 8 heteroatoms. The zero-order valence-corrected chi connectivity index (χ0v) is 12.6. The minimum Gasteiger partial charge on any atom is -0.480 e. The summed E-state index contributed by atoms with van der Waals surface area (Å²) in [6.45, 7) is 0. The number of hydrogen-bond donors (Lipinski definition) is 2. The number of amides is 1. The summed E-state index contributed by atoms with van der Waals surface area (Å²) in [5.41, 5.74) is -1.33. The smallest absolute Gasteiger partial charge is 0.319 e. The van der Waals surface area contributed by atoms with Crippen molar-refractivity contribution in [2.45, 2.75) is 19.3 Å². The van der Waals surface area contributed by atoms with Gasteiger partial charge >= 0.3 is 5.97 Å². The molecule has 1 heterocycles. The maximum absolute atomic E-state index is 13.2. The zero-order valence-electron chi connectivity index (χ0n) is 11.8. The number of nitrogens with zero attached hydrogens (tertiary/aromatic N) is 1. The first-order chi connectivity index (χ1) is 10.9. The number of fused-ring (bicyclic) bond motifs is 1. The van der Waals surface area contributed by atoms with E-state index in [1.54, 1.807) is 6.08 Å². The highest BCUT2D eigenvalue weighted by molar-refractivity contribution is 7.22. The van der Waals surface area contributed by atoms with E-state index in [1.807, 2.05) is 6.08 Å². The van der Waals surface area contributed by atoms with Crippen molar-refractivity contribution < 1.29 is 23.5 Å². The number of nitrogens with one attached hydrogen (secondary N) is 1. The van der Waals surface area contributed by atoms with Gasteiger partial charge in [0.05, 0.1) is 10.2 Å². The molecule has 0 fully saturated rings. The Morgan fingerprint density at radius 3 is 2.65 bits per heavy atom. The number of aromatic nitrogens is 1. The van der Waals surface area contributed by atoms with Gasteiger partial charge in [0.1, 0.15) is 0 Å². The first-order valence-electron chi connectivity index (χ1n) is 6.88. The van der Waals surface area contributed by atoms with Crippen molar-refractivity contribution in [1.29, 1.82) is 0 Å². The van der Waals surface area contributed by atoms with E-state index >= 15 is 0 Å². The van der Waals surface area contributed by atoms with Gasteiger partial charge in [-0.1, -0.05) is 23.5 Å². The number of carboxylic acids is 1. The maximum atomic E-state index is 13.2. The zero-order chi connectivity index (χ0) is 16.6. The normalized spacial score (nSPS) is 20.6. The quantitative estimate of drug-likeness (QED) is 0.665. The molecule has 23 heavy (non-hydrogen) atoms. The third-order valence-corrected chi connectivity index (χ3v) is 4.80. The van der Waals surface area contributed by atoms with Crippen molar-refractivity contribution in [1.82, 2.24) is 4.98 Å². The molecular weight excluding hydrogens is 326 g/mol. The number of rotatable bonds is 3. The number of thiazole rings is 1. The number of carboxylic acid groups (broad SMARTS) is 1. The van der Waals surface area contributed by atoms with Crippen LogP contribution in [0.2, 0.25) is 0 Å². The number of anilines is 1. The van der Waals surface area contributed by atoms with Crippen LogP contribution in [0.15, 0.2) is 24.3 Å². The topological polar surface area (TPSA) is 79.3 Å². The van der Waals surface area contributed by atoms with Gasteiger partial charge in [0, 0.05) is 6.07 Å². The van der Waals surface area contributed by atoms with Gasteiger partial charge in [-0.2, -0.15) is 0 Å². The van der Waals surface area contributed by atoms with Crippen LogP contribution in [0.1, 0.15) is 19.3 Å². The summed E-state index contributed by atoms with van der Waals surface area (Å²) >= 11 is 0.962. The molecule has 0 spiro atoms. The summed E-state index contributed by atoms with van der Waals surface area (Å²) in [6.07, 6.45) is 4.29. The number of halogens is 2. The van der Waals surface area contributed by atoms with Gasteiger partial charge in [0.2, 0.25) is 5.91 Å². The van der Waals surface area contributed by atoms with Crippen molar-refractivity contribution in [3.05, 3.63) is 35.9 Å². The second-order valence-electron chi connectivity index (χ2n) is 5.31. The number of carbonyl (C=O) groups excluding carboxylic acids is 1. The standard InChI is InChI=1S/C15H12F2N2O3S/c16-8-6-10-11(7-9(8)17)23-14(18-10)19-12(20)15(13(21)22)4-2-1-3-5-15/h1-2,6-7H,3-5H2,(H,21,22)(H,18,19,20). The fraction of sp³-hybridized carbons (Fsp3) is 0.267. The second kappa shape index (κ2) is 5.69. The number of hydrogen-bond acceptors (Lipinski definition) is 4. The minimum atomic E-state index is -1.54. The molecule has 0 bridgehead atoms. The van der Waals surface area contributed by atoms with E-state index in [-0.39, 0.29) is 23.5 Å². The van der Waals surface area contributed by atoms with Crippen molar-refractivity contribution in [3.63, 3.8) is 0 Å². The Hall–Kier alpha value is -2.35. The Morgan fingerprint density at radius 1 is 1.26 bits per heavy atom. The highest BCUT2D eigenvalue weighted by atomic mass is 32.1. The Morgan fingerprint density at radius 2 is 2.00 bits per heavy atom. The molecule has 1 aliphatic rings. The molecule has 0 radical (unpaired) electrons. The average molecular weight is 338 g/mol. The number of benzene rings is 1. The van der Waals surface area contributed by atoms with E-state index in [9.17, 15) is 23.5 Å². The molecule has 1 aromatic heterocycles. The summed E-state index contributed by atoms with van der Waals surface area (Å²) < 4.78 is 26.8. The summed E-state index contributed by atoms with van der Waals surface area (Å²) in [6, 6.07) is 1.93. The lowest BCUT2D eigenvalue weighted by molar-refractivity contribution is -0.154. The van der Waals surface area contributed by atoms with Crippen molar-refractivity contribution in [2.75, 3.05) is 5.32 Å². The lowest BCUT2D eigenvalue weighted by atomic mass is 9.76. The highest BCUT2D eigenvalue weighted by Gasteiger charge is 2.46. The van der Waals surface area contributed by atoms with Crippen LogP contribution in [0.5, 0.6) is 0 Å². The van der Waals surface area contributed by atoms with E-state index in [0.29, 0.717) is 11.1 Å². The predicted molar refractivity (Wildman–Crippen MR) is 81.2 cm³/mol. The van der Waals surface area contributed by atoms with Crippen LogP contribution in [0.25, 0.3) is 10.2 Å². The predicted octanol–water partition coefficient (Wildman–Crippen LogP) is 3.32. The van der Waals surface area contributed by atoms with E-state index in [4.69, 9.17) is 0 Å². The Kier molecular flexibility index (Phi) is 3.85. The summed E-state index contributed by atoms with van der Waals surface area (Å²) in [5, 5.41) is 12.0. The second-order valence-corrected chi connectivity index (χ2v) is 6.34. The van der Waals surface area contributed by atoms with E-state index in [0.717, 1.165) is 23.5 Å². The van der Waals surface area contributed by atoms with Gasteiger partial charge in [-0.15, -0.1) is 0 Å². The van der Waals surface area contributed by atoms with Crippen molar-refractivity contribution >= 4 is 38.6 Å². The molecule has 0 saturated heterocycles. The molecule has 1 aromatic carbocycles. The van der Waals surface area contributed by atoms with Gasteiger partial charge in [0.25, 0.3) is 0 Å². The molecule has 1 amide bonds. The Labute approximate surface area is 133 Å². The van der Waals surface area contributed by atoms with Gasteiger partial charge in [0.15, 0.2) is 22.2 Å². The molecule has 120 valence electrons. The molecule has 0 aliphatic heterocycles. The van der Waals surface area contributed by atoms with E-state index < -0.39 is 28.9 Å². The number of allylic oxidation sites excluding steroid dienone is 2. The van der Waals surface area contributed by atoms with Crippen LogP contribution in [0, 0.1) is 17.0 Å². The molecule has 1 aliphatic carbocycles. The molecular formula is C15H12F2N2O3S. The Bertz CT molecular complexity index is 794. The average Bonchev–Trinajstić information content (AvgIpc) is 2.89. The van der Waals surface area contributed by atoms with Gasteiger partial charge in [-0.05, 0) is 25.3 Å². The van der Waals surface area contributed by atoms with Gasteiger partial charge < -0.3 is 10.4 Å². The lowest BCUT2D eigenvalue weighted by Gasteiger charge is -2.28. The van der Waals surface area contributed by atoms with Crippen LogP contribution in [0.3, 0.4) is 0 Å². The molecule has 5 nitrogen and oxygen atoms in total. The van der Waals surface area contributed by atoms with E-state index in [2.05, 4.69) is 10.3 Å². The maximum Gasteiger partial charge on any atom is 0.319 e. The van der Waals surface area contributed by atoms with Gasteiger partial charge in [-0.25, -0.2) is 13.8 Å². The van der Waals surface area contributed by atoms with Crippen LogP contribution >= 0.6 is 11.3 Å². The van der Waals surface area contributed by atoms with Crippen LogP contribution in [-0.4, -0.2) is 22.0 Å². The molecule has 2 N–H and O–H groups in total. The molecule has 2 aromatic rings. The van der Waals surface area contributed by atoms with Crippen molar-refractivity contribution in [2.24, 2.45) is 5.41 Å². The molecule has 1 unspecified atom stereocenters. The fourth-order valence-electron chi connectivity index (χ4n) is 2.53. The van der Waals surface area contributed by atoms with Crippen LogP contribution in [0.4, 0.5) is 13.9 Å². The highest BCUT2D eigenvalue weighted by Crippen LogP contribution is 2.36. The van der Waals surface area contributed by atoms with Crippen LogP contribution in [-0.2, 0) is 9.59 Å². The monoisotopic (exact) mass is 338 g/mol. The number of carbonyl (C=O) groups is 2. The first-order valence-corrected chi connectivity index (χ1v) is 7.69. The SMILES string of the molecule is O=C(O)C1(C(=O)Nc2nc3cc(F)c(F)cc3s2)CC=CCC1. The minimum absolute atomic E-state index is 0.0995. The molecule has 0 saturated carbocycles. The summed E-state index contributed by atoms with van der Waals surface area (Å²) in [5.74, 6) is -3.90. The lowest BCUT2D eigenvalue weighted by Crippen LogP contribution is -2.43. The molecule has 1 atom stereocenters. The fourth-order valence-corrected chi connectivity index (χ4v) is 3.39. The van der Waals surface area contributed by atoms with Gasteiger partial charge in [-0.3, -0.25) is 9.59 Å². The first kappa shape index (κ1) is 15.5. The van der Waals surface area contributed by atoms with Crippen LogP contribution < -0.4 is 5.32 Å². The summed E-state index contributed by atoms with van der Waals surface area (Å²) in [4.78, 5) is 28.0. The number of aliphatic carboxylic acids is 1. The third kappa shape index (κ3) is 2.70. The largest absolute Gasteiger partial charge is 0.480 e. The summed E-state index contributed by atoms with van der Waals surface area (Å²) in [7, 11) is 0. The third-order valence-electron chi connectivity index (χ3n) is 3.87.